The van der Waals surface area contributed by atoms with E-state index in [1.54, 1.807) is 60.7 Å². The van der Waals surface area contributed by atoms with Gasteiger partial charge in [-0.15, -0.1) is 0 Å². The normalized spacial score (nSPS) is 15.2. The monoisotopic (exact) mass is 434 g/mol. The molecule has 0 saturated carbocycles. The summed E-state index contributed by atoms with van der Waals surface area (Å²) in [4.78, 5) is 0. The van der Waals surface area contributed by atoms with Crippen LogP contribution in [0.25, 0.3) is 0 Å². The van der Waals surface area contributed by atoms with Gasteiger partial charge in [0.2, 0.25) is 0 Å². The number of hydrogen-bond acceptors (Lipinski definition) is 5. The zero-order valence-corrected chi connectivity index (χ0v) is 18.1. The molecule has 0 radical (unpaired) electrons. The highest BCUT2D eigenvalue weighted by atomic mass is 32.2. The first kappa shape index (κ1) is 23.9. The van der Waals surface area contributed by atoms with E-state index in [0.717, 1.165) is 11.1 Å². The third kappa shape index (κ3) is 7.16. The number of allylic oxidation sites excluding steroid dienone is 1. The standard InChI is InChI=1S/C23H30O6S/c1-3-17(18-8-12-20(24)13-9-18)16-22(30(26,27)28)6-5-7-23(29-4-2)19-10-14-21(25)15-11-19/h5,7-15,17,22-25H,3-4,6,16H2,1-2H3,(H,26,27,28)/b7-5+/t17-,22-,23+/m0/s1. The second-order valence-electron chi connectivity index (χ2n) is 7.20. The number of aromatic hydroxyl groups is 2. The highest BCUT2D eigenvalue weighted by Crippen LogP contribution is 2.30. The molecule has 0 aliphatic heterocycles. The number of phenols is 2. The maximum Gasteiger partial charge on any atom is 0.268 e. The van der Waals surface area contributed by atoms with Crippen LogP contribution in [0, 0.1) is 0 Å². The topological polar surface area (TPSA) is 104 Å². The number of phenolic OH excluding ortho intramolecular Hbond substituents is 2. The second-order valence-corrected chi connectivity index (χ2v) is 8.90. The summed E-state index contributed by atoms with van der Waals surface area (Å²) in [6, 6.07) is 13.3. The average Bonchev–Trinajstić information content (AvgIpc) is 2.70. The minimum absolute atomic E-state index is 0.0642. The lowest BCUT2D eigenvalue weighted by atomic mass is 9.91. The van der Waals surface area contributed by atoms with Crippen molar-refractivity contribution in [2.45, 2.75) is 50.4 Å². The molecular weight excluding hydrogens is 404 g/mol. The third-order valence-corrected chi connectivity index (χ3v) is 6.33. The predicted molar refractivity (Wildman–Crippen MR) is 117 cm³/mol. The van der Waals surface area contributed by atoms with E-state index in [9.17, 15) is 23.2 Å². The zero-order valence-electron chi connectivity index (χ0n) is 17.3. The van der Waals surface area contributed by atoms with E-state index in [0.29, 0.717) is 13.0 Å². The summed E-state index contributed by atoms with van der Waals surface area (Å²) in [6.07, 6.45) is 4.23. The SMILES string of the molecule is CCO[C@H](/C=C/C[C@@H](C[C@H](CC)c1ccc(O)cc1)S(=O)(=O)O)c1ccc(O)cc1. The summed E-state index contributed by atoms with van der Waals surface area (Å²) < 4.78 is 39.5. The van der Waals surface area contributed by atoms with Crippen molar-refractivity contribution >= 4 is 10.1 Å². The van der Waals surface area contributed by atoms with Gasteiger partial charge in [0.05, 0.1) is 5.25 Å². The van der Waals surface area contributed by atoms with Crippen molar-refractivity contribution in [1.82, 2.24) is 0 Å². The molecule has 0 bridgehead atoms. The molecule has 30 heavy (non-hydrogen) atoms. The van der Waals surface area contributed by atoms with Gasteiger partial charge < -0.3 is 14.9 Å². The minimum atomic E-state index is -4.24. The largest absolute Gasteiger partial charge is 0.508 e. The molecule has 164 valence electrons. The molecule has 3 atom stereocenters. The molecule has 7 heteroatoms. The Balaban J connectivity index is 2.14. The van der Waals surface area contributed by atoms with E-state index in [4.69, 9.17) is 4.74 Å². The van der Waals surface area contributed by atoms with Gasteiger partial charge in [-0.25, -0.2) is 0 Å². The number of ether oxygens (including phenoxy) is 1. The summed E-state index contributed by atoms with van der Waals surface area (Å²) in [5.41, 5.74) is 1.76. The Bertz CT molecular complexity index is 904. The molecule has 0 spiro atoms. The van der Waals surface area contributed by atoms with E-state index in [1.807, 2.05) is 13.8 Å². The van der Waals surface area contributed by atoms with Crippen molar-refractivity contribution in [3.05, 3.63) is 71.8 Å². The lowest BCUT2D eigenvalue weighted by molar-refractivity contribution is 0.0965. The molecule has 3 N–H and O–H groups in total. The Morgan fingerprint density at radius 2 is 1.47 bits per heavy atom. The van der Waals surface area contributed by atoms with E-state index < -0.39 is 15.4 Å². The van der Waals surface area contributed by atoms with Crippen LogP contribution in [0.3, 0.4) is 0 Å². The minimum Gasteiger partial charge on any atom is -0.508 e. The van der Waals surface area contributed by atoms with Crippen LogP contribution < -0.4 is 0 Å². The van der Waals surface area contributed by atoms with Crippen molar-refractivity contribution in [1.29, 1.82) is 0 Å². The maximum atomic E-state index is 12.0. The van der Waals surface area contributed by atoms with Gasteiger partial charge in [0.15, 0.2) is 0 Å². The van der Waals surface area contributed by atoms with Gasteiger partial charge in [0.25, 0.3) is 10.1 Å². The zero-order chi connectivity index (χ0) is 22.1. The number of rotatable bonds is 11. The highest BCUT2D eigenvalue weighted by Gasteiger charge is 2.26. The molecular formula is C23H30O6S. The summed E-state index contributed by atoms with van der Waals surface area (Å²) in [5.74, 6) is 0.244. The summed E-state index contributed by atoms with van der Waals surface area (Å²) in [5, 5.41) is 18.0. The molecule has 0 fully saturated rings. The Hall–Kier alpha value is -2.35. The van der Waals surface area contributed by atoms with E-state index >= 15 is 0 Å². The fraction of sp³-hybridized carbons (Fsp3) is 0.391. The molecule has 6 nitrogen and oxygen atoms in total. The highest BCUT2D eigenvalue weighted by molar-refractivity contribution is 7.86. The third-order valence-electron chi connectivity index (χ3n) is 5.10. The molecule has 0 aliphatic carbocycles. The van der Waals surface area contributed by atoms with Crippen LogP contribution in [0.5, 0.6) is 11.5 Å². The molecule has 0 unspecified atom stereocenters. The molecule has 2 rings (SSSR count). The fourth-order valence-corrected chi connectivity index (χ4v) is 4.23. The lowest BCUT2D eigenvalue weighted by Crippen LogP contribution is -2.22. The van der Waals surface area contributed by atoms with Crippen molar-refractivity contribution < 1.29 is 27.9 Å². The van der Waals surface area contributed by atoms with E-state index in [2.05, 4.69) is 0 Å². The Morgan fingerprint density at radius 3 is 1.93 bits per heavy atom. The van der Waals surface area contributed by atoms with Gasteiger partial charge in [0.1, 0.15) is 17.6 Å². The molecule has 0 saturated heterocycles. The Morgan fingerprint density at radius 1 is 0.933 bits per heavy atom. The van der Waals surface area contributed by atoms with Crippen molar-refractivity contribution in [3.8, 4) is 11.5 Å². The van der Waals surface area contributed by atoms with Gasteiger partial charge in [-0.05, 0) is 67.5 Å². The fourth-order valence-electron chi connectivity index (χ4n) is 3.40. The number of hydrogen-bond donors (Lipinski definition) is 3. The average molecular weight is 435 g/mol. The summed E-state index contributed by atoms with van der Waals surface area (Å²) >= 11 is 0. The lowest BCUT2D eigenvalue weighted by Gasteiger charge is -2.21. The molecule has 2 aromatic rings. The Labute approximate surface area is 178 Å². The first-order chi connectivity index (χ1) is 14.2. The number of benzene rings is 2. The van der Waals surface area contributed by atoms with Crippen LogP contribution >= 0.6 is 0 Å². The summed E-state index contributed by atoms with van der Waals surface area (Å²) in [7, 11) is -4.24. The van der Waals surface area contributed by atoms with Crippen molar-refractivity contribution in [2.24, 2.45) is 0 Å². The van der Waals surface area contributed by atoms with Crippen LogP contribution in [-0.2, 0) is 14.9 Å². The van der Waals surface area contributed by atoms with Crippen molar-refractivity contribution in [2.75, 3.05) is 6.61 Å². The Kier molecular flexibility index (Phi) is 8.89. The van der Waals surface area contributed by atoms with E-state index in [1.165, 1.54) is 0 Å². The van der Waals surface area contributed by atoms with Gasteiger partial charge in [-0.1, -0.05) is 43.3 Å². The smallest absolute Gasteiger partial charge is 0.268 e. The second kappa shape index (κ2) is 11.2. The first-order valence-electron chi connectivity index (χ1n) is 10.1. The van der Waals surface area contributed by atoms with Crippen molar-refractivity contribution in [3.63, 3.8) is 0 Å². The van der Waals surface area contributed by atoms with Crippen LogP contribution in [0.1, 0.15) is 56.3 Å². The predicted octanol–water partition coefficient (Wildman–Crippen LogP) is 4.96. The molecule has 0 heterocycles. The van der Waals surface area contributed by atoms with Crippen LogP contribution in [0.15, 0.2) is 60.7 Å². The van der Waals surface area contributed by atoms with E-state index in [-0.39, 0.29) is 36.4 Å². The van der Waals surface area contributed by atoms with Crippen LogP contribution in [-0.4, -0.2) is 35.0 Å². The summed E-state index contributed by atoms with van der Waals surface area (Å²) in [6.45, 7) is 4.30. The van der Waals surface area contributed by atoms with Crippen LogP contribution in [0.4, 0.5) is 0 Å². The van der Waals surface area contributed by atoms with Crippen LogP contribution in [0.2, 0.25) is 0 Å². The molecule has 0 aliphatic rings. The van der Waals surface area contributed by atoms with Gasteiger partial charge >= 0.3 is 0 Å². The van der Waals surface area contributed by atoms with Gasteiger partial charge in [-0.2, -0.15) is 8.42 Å². The van der Waals surface area contributed by atoms with Gasteiger partial charge in [0, 0.05) is 6.61 Å². The molecule has 0 amide bonds. The maximum absolute atomic E-state index is 12.0. The quantitative estimate of drug-likeness (QED) is 0.341. The van der Waals surface area contributed by atoms with Gasteiger partial charge in [-0.3, -0.25) is 4.55 Å². The first-order valence-corrected chi connectivity index (χ1v) is 11.6. The molecule has 2 aromatic carbocycles. The molecule has 0 aromatic heterocycles.